The molecule has 0 radical (unpaired) electrons. The molecule has 0 atom stereocenters. The van der Waals surface area contributed by atoms with Gasteiger partial charge in [-0.05, 0) is 55.3 Å². The van der Waals surface area contributed by atoms with Crippen molar-refractivity contribution in [2.75, 3.05) is 20.3 Å². The van der Waals surface area contributed by atoms with Gasteiger partial charge in [-0.2, -0.15) is 4.98 Å². The number of aryl methyl sites for hydroxylation is 1. The summed E-state index contributed by atoms with van der Waals surface area (Å²) in [4.78, 5) is 16.7. The Kier molecular flexibility index (Phi) is 9.11. The van der Waals surface area contributed by atoms with Crippen LogP contribution < -0.4 is 19.5 Å². The third-order valence-electron chi connectivity index (χ3n) is 4.93. The van der Waals surface area contributed by atoms with Gasteiger partial charge in [0.15, 0.2) is 11.5 Å². The smallest absolute Gasteiger partial charge is 0.227 e. The standard InChI is InChI=1S/C25H31N3O5/c1-4-6-15-32-21-12-7-18(16-22(21)30-3)17-26-23(29)13-14-24-27-25(28-33-24)19-8-10-20(11-9-19)31-5-2/h7-12,16H,4-6,13-15,17H2,1-3H3,(H,26,29). The number of hydrogen-bond acceptors (Lipinski definition) is 7. The van der Waals surface area contributed by atoms with Crippen molar-refractivity contribution in [2.45, 2.75) is 46.1 Å². The van der Waals surface area contributed by atoms with Gasteiger partial charge in [-0.3, -0.25) is 4.79 Å². The van der Waals surface area contributed by atoms with Gasteiger partial charge in [-0.15, -0.1) is 0 Å². The van der Waals surface area contributed by atoms with E-state index in [0.29, 0.717) is 49.4 Å². The summed E-state index contributed by atoms with van der Waals surface area (Å²) in [5, 5.41) is 6.91. The Labute approximate surface area is 194 Å². The molecule has 8 nitrogen and oxygen atoms in total. The lowest BCUT2D eigenvalue weighted by Crippen LogP contribution is -2.23. The molecule has 33 heavy (non-hydrogen) atoms. The molecule has 176 valence electrons. The summed E-state index contributed by atoms with van der Waals surface area (Å²) < 4.78 is 21.9. The normalized spacial score (nSPS) is 10.6. The summed E-state index contributed by atoms with van der Waals surface area (Å²) >= 11 is 0. The van der Waals surface area contributed by atoms with Gasteiger partial charge < -0.3 is 24.1 Å². The Morgan fingerprint density at radius 3 is 2.61 bits per heavy atom. The molecule has 3 rings (SSSR count). The van der Waals surface area contributed by atoms with Crippen molar-refractivity contribution in [2.24, 2.45) is 0 Å². The second kappa shape index (κ2) is 12.5. The third-order valence-corrected chi connectivity index (χ3v) is 4.93. The first-order valence-corrected chi connectivity index (χ1v) is 11.2. The second-order valence-electron chi connectivity index (χ2n) is 7.43. The molecule has 1 aromatic heterocycles. The number of benzene rings is 2. The fraction of sp³-hybridized carbons (Fsp3) is 0.400. The third kappa shape index (κ3) is 7.24. The van der Waals surface area contributed by atoms with E-state index >= 15 is 0 Å². The van der Waals surface area contributed by atoms with Crippen LogP contribution in [0.4, 0.5) is 0 Å². The maximum atomic E-state index is 12.3. The number of aromatic nitrogens is 2. The van der Waals surface area contributed by atoms with Crippen molar-refractivity contribution >= 4 is 5.91 Å². The van der Waals surface area contributed by atoms with Gasteiger partial charge in [0.25, 0.3) is 0 Å². The van der Waals surface area contributed by atoms with Crippen LogP contribution in [0.15, 0.2) is 47.0 Å². The van der Waals surface area contributed by atoms with E-state index in [0.717, 1.165) is 29.7 Å². The SMILES string of the molecule is CCCCOc1ccc(CNC(=O)CCc2nc(-c3ccc(OCC)cc3)no2)cc1OC. The maximum absolute atomic E-state index is 12.3. The zero-order valence-corrected chi connectivity index (χ0v) is 19.4. The lowest BCUT2D eigenvalue weighted by Gasteiger charge is -2.12. The Bertz CT molecular complexity index is 1020. The Balaban J connectivity index is 1.47. The quantitative estimate of drug-likeness (QED) is 0.379. The minimum absolute atomic E-state index is 0.0990. The predicted octanol–water partition coefficient (Wildman–Crippen LogP) is 4.57. The van der Waals surface area contributed by atoms with Gasteiger partial charge in [0.05, 0.1) is 20.3 Å². The highest BCUT2D eigenvalue weighted by molar-refractivity contribution is 5.76. The molecule has 1 heterocycles. The van der Waals surface area contributed by atoms with E-state index < -0.39 is 0 Å². The van der Waals surface area contributed by atoms with Gasteiger partial charge in [0.1, 0.15) is 5.75 Å². The molecular weight excluding hydrogens is 422 g/mol. The van der Waals surface area contributed by atoms with Crippen molar-refractivity contribution in [1.29, 1.82) is 0 Å². The number of nitrogens with zero attached hydrogens (tertiary/aromatic N) is 2. The highest BCUT2D eigenvalue weighted by Crippen LogP contribution is 2.28. The van der Waals surface area contributed by atoms with E-state index in [9.17, 15) is 4.79 Å². The van der Waals surface area contributed by atoms with Crippen LogP contribution in [0.3, 0.4) is 0 Å². The van der Waals surface area contributed by atoms with Crippen LogP contribution in [0.25, 0.3) is 11.4 Å². The number of ether oxygens (including phenoxy) is 3. The molecule has 3 aromatic rings. The molecule has 0 saturated heterocycles. The van der Waals surface area contributed by atoms with Gasteiger partial charge in [0, 0.05) is 24.9 Å². The summed E-state index contributed by atoms with van der Waals surface area (Å²) in [6, 6.07) is 13.1. The first kappa shape index (κ1) is 24.1. The lowest BCUT2D eigenvalue weighted by molar-refractivity contribution is -0.121. The van der Waals surface area contributed by atoms with Crippen LogP contribution >= 0.6 is 0 Å². The highest BCUT2D eigenvalue weighted by Gasteiger charge is 2.12. The predicted molar refractivity (Wildman–Crippen MR) is 124 cm³/mol. The lowest BCUT2D eigenvalue weighted by atomic mass is 10.2. The monoisotopic (exact) mass is 453 g/mol. The molecule has 8 heteroatoms. The number of hydrogen-bond donors (Lipinski definition) is 1. The number of methoxy groups -OCH3 is 1. The Hall–Kier alpha value is -3.55. The van der Waals surface area contributed by atoms with Crippen molar-refractivity contribution in [3.63, 3.8) is 0 Å². The zero-order chi connectivity index (χ0) is 23.5. The molecule has 0 aliphatic rings. The minimum atomic E-state index is -0.0990. The number of rotatable bonds is 13. The van der Waals surface area contributed by atoms with Crippen molar-refractivity contribution < 1.29 is 23.5 Å². The van der Waals surface area contributed by atoms with E-state index in [2.05, 4.69) is 22.4 Å². The second-order valence-corrected chi connectivity index (χ2v) is 7.43. The van der Waals surface area contributed by atoms with Crippen LogP contribution in [0.5, 0.6) is 17.2 Å². The Morgan fingerprint density at radius 2 is 1.88 bits per heavy atom. The van der Waals surface area contributed by atoms with Crippen molar-refractivity contribution in [3.8, 4) is 28.6 Å². The molecule has 2 aromatic carbocycles. The average molecular weight is 454 g/mol. The number of carbonyl (C=O) groups excluding carboxylic acids is 1. The Morgan fingerprint density at radius 1 is 1.06 bits per heavy atom. The van der Waals surface area contributed by atoms with Gasteiger partial charge in [-0.1, -0.05) is 24.6 Å². The molecule has 0 aliphatic heterocycles. The fourth-order valence-electron chi connectivity index (χ4n) is 3.12. The molecule has 0 fully saturated rings. The van der Waals surface area contributed by atoms with E-state index in [4.69, 9.17) is 18.7 Å². The topological polar surface area (TPSA) is 95.7 Å². The largest absolute Gasteiger partial charge is 0.494 e. The van der Waals surface area contributed by atoms with Crippen molar-refractivity contribution in [1.82, 2.24) is 15.5 Å². The van der Waals surface area contributed by atoms with Gasteiger partial charge in [0.2, 0.25) is 17.6 Å². The summed E-state index contributed by atoms with van der Waals surface area (Å²) in [6.07, 6.45) is 2.67. The summed E-state index contributed by atoms with van der Waals surface area (Å²) in [7, 11) is 1.61. The van der Waals surface area contributed by atoms with Crippen LogP contribution in [-0.2, 0) is 17.8 Å². The molecule has 0 aliphatic carbocycles. The van der Waals surface area contributed by atoms with Gasteiger partial charge in [-0.25, -0.2) is 0 Å². The molecule has 0 saturated carbocycles. The fourth-order valence-corrected chi connectivity index (χ4v) is 3.12. The molecular formula is C25H31N3O5. The number of carbonyl (C=O) groups is 1. The maximum Gasteiger partial charge on any atom is 0.227 e. The number of amides is 1. The van der Waals surface area contributed by atoms with E-state index in [1.165, 1.54) is 0 Å². The first-order valence-electron chi connectivity index (χ1n) is 11.2. The van der Waals surface area contributed by atoms with Crippen LogP contribution in [0, 0.1) is 0 Å². The van der Waals surface area contributed by atoms with E-state index in [1.807, 2.05) is 49.4 Å². The molecule has 1 amide bonds. The summed E-state index contributed by atoms with van der Waals surface area (Å²) in [5.41, 5.74) is 1.76. The van der Waals surface area contributed by atoms with Crippen molar-refractivity contribution in [3.05, 3.63) is 53.9 Å². The summed E-state index contributed by atoms with van der Waals surface area (Å²) in [5.74, 6) is 2.97. The van der Waals surface area contributed by atoms with Crippen LogP contribution in [-0.4, -0.2) is 36.4 Å². The van der Waals surface area contributed by atoms with Crippen LogP contribution in [0.1, 0.15) is 44.6 Å². The molecule has 1 N–H and O–H groups in total. The number of nitrogens with one attached hydrogen (secondary N) is 1. The van der Waals surface area contributed by atoms with Crippen LogP contribution in [0.2, 0.25) is 0 Å². The minimum Gasteiger partial charge on any atom is -0.494 e. The molecule has 0 spiro atoms. The summed E-state index contributed by atoms with van der Waals surface area (Å²) in [6.45, 7) is 5.71. The van der Waals surface area contributed by atoms with E-state index in [-0.39, 0.29) is 12.3 Å². The number of unbranched alkanes of at least 4 members (excludes halogenated alkanes) is 1. The highest BCUT2D eigenvalue weighted by atomic mass is 16.5. The molecule has 0 bridgehead atoms. The molecule has 0 unspecified atom stereocenters. The first-order chi connectivity index (χ1) is 16.1. The van der Waals surface area contributed by atoms with E-state index in [1.54, 1.807) is 7.11 Å². The van der Waals surface area contributed by atoms with Gasteiger partial charge >= 0.3 is 0 Å². The zero-order valence-electron chi connectivity index (χ0n) is 19.4. The average Bonchev–Trinajstić information content (AvgIpc) is 3.32.